The number of amides is 1. The van der Waals surface area contributed by atoms with E-state index in [0.29, 0.717) is 6.54 Å². The highest BCUT2D eigenvalue weighted by Gasteiger charge is 2.45. The van der Waals surface area contributed by atoms with Crippen molar-refractivity contribution >= 4 is 20.4 Å². The molecule has 2 fully saturated rings. The van der Waals surface area contributed by atoms with E-state index in [4.69, 9.17) is 9.16 Å². The van der Waals surface area contributed by atoms with Gasteiger partial charge < -0.3 is 19.2 Å². The molecule has 6 nitrogen and oxygen atoms in total. The second-order valence-electron chi connectivity index (χ2n) is 11.3. The molecule has 0 spiro atoms. The number of hydrogen-bond acceptors (Lipinski definition) is 4. The van der Waals surface area contributed by atoms with Gasteiger partial charge in [-0.05, 0) is 71.0 Å². The van der Waals surface area contributed by atoms with Crippen LogP contribution in [0.1, 0.15) is 73.6 Å². The van der Waals surface area contributed by atoms with E-state index in [2.05, 4.69) is 39.9 Å². The van der Waals surface area contributed by atoms with Gasteiger partial charge in [-0.25, -0.2) is 9.59 Å². The van der Waals surface area contributed by atoms with E-state index in [9.17, 15) is 14.7 Å². The molecule has 2 aliphatic rings. The van der Waals surface area contributed by atoms with E-state index < -0.39 is 26.0 Å². The summed E-state index contributed by atoms with van der Waals surface area (Å²) in [7, 11) is -2.22. The van der Waals surface area contributed by atoms with Crippen LogP contribution in [-0.2, 0) is 14.0 Å². The Labute approximate surface area is 183 Å². The Balaban J connectivity index is 2.22. The van der Waals surface area contributed by atoms with Gasteiger partial charge in [-0.2, -0.15) is 0 Å². The molecule has 0 bridgehead atoms. The molecule has 3 atom stereocenters. The summed E-state index contributed by atoms with van der Waals surface area (Å²) >= 11 is 0. The second kappa shape index (κ2) is 9.03. The molecule has 0 radical (unpaired) electrons. The van der Waals surface area contributed by atoms with Crippen molar-refractivity contribution in [3.63, 3.8) is 0 Å². The molecular weight excluding hydrogens is 398 g/mol. The molecule has 1 aliphatic carbocycles. The van der Waals surface area contributed by atoms with Crippen LogP contribution in [0.25, 0.3) is 0 Å². The summed E-state index contributed by atoms with van der Waals surface area (Å²) < 4.78 is 12.0. The van der Waals surface area contributed by atoms with Crippen LogP contribution in [0.5, 0.6) is 0 Å². The summed E-state index contributed by atoms with van der Waals surface area (Å²) in [6.07, 6.45) is 5.49. The molecule has 1 saturated carbocycles. The lowest BCUT2D eigenvalue weighted by Gasteiger charge is -2.39. The summed E-state index contributed by atoms with van der Waals surface area (Å²) in [4.78, 5) is 26.6. The second-order valence-corrected chi connectivity index (χ2v) is 16.0. The van der Waals surface area contributed by atoms with Crippen LogP contribution in [0.2, 0.25) is 18.1 Å². The van der Waals surface area contributed by atoms with Gasteiger partial charge in [0.05, 0.1) is 6.04 Å². The minimum atomic E-state index is -2.22. The molecule has 30 heavy (non-hydrogen) atoms. The molecule has 1 amide bonds. The quantitative estimate of drug-likeness (QED) is 0.446. The molecule has 0 aromatic heterocycles. The lowest BCUT2D eigenvalue weighted by Crippen LogP contribution is -2.48. The van der Waals surface area contributed by atoms with Gasteiger partial charge in [0.2, 0.25) is 0 Å². The van der Waals surface area contributed by atoms with Crippen LogP contribution >= 0.6 is 0 Å². The highest BCUT2D eigenvalue weighted by Crippen LogP contribution is 2.42. The zero-order valence-corrected chi connectivity index (χ0v) is 21.1. The summed E-state index contributed by atoms with van der Waals surface area (Å²) in [6.45, 7) is 16.9. The number of hydrogen-bond donors (Lipinski definition) is 1. The maximum atomic E-state index is 12.6. The fourth-order valence-corrected chi connectivity index (χ4v) is 5.26. The van der Waals surface area contributed by atoms with Gasteiger partial charge in [-0.1, -0.05) is 32.4 Å². The van der Waals surface area contributed by atoms with Crippen LogP contribution in [0.4, 0.5) is 4.79 Å². The normalized spacial score (nSPS) is 25.6. The molecule has 7 heteroatoms. The first-order chi connectivity index (χ1) is 13.6. The van der Waals surface area contributed by atoms with Gasteiger partial charge in [0.1, 0.15) is 11.7 Å². The average molecular weight is 440 g/mol. The van der Waals surface area contributed by atoms with Crippen molar-refractivity contribution in [1.82, 2.24) is 4.90 Å². The number of carboxylic acids is 1. The van der Waals surface area contributed by atoms with Crippen LogP contribution < -0.4 is 0 Å². The van der Waals surface area contributed by atoms with Crippen molar-refractivity contribution in [2.45, 2.75) is 110 Å². The van der Waals surface area contributed by atoms with Gasteiger partial charge in [-0.15, -0.1) is 0 Å². The Hall–Kier alpha value is -1.34. The Kier molecular flexibility index (Phi) is 7.50. The number of likely N-dealkylation sites (tertiary alicyclic amines) is 1. The SMILES string of the molecule is CC(C)(C)OC(=O)N1CCC[C@H]1/C=C1\CCC[C@H]1C(O[Si](C)(C)C(C)(C)C)C(=O)O. The monoisotopic (exact) mass is 439 g/mol. The lowest BCUT2D eigenvalue weighted by molar-refractivity contribution is -0.147. The van der Waals surface area contributed by atoms with Crippen LogP contribution in [-0.4, -0.2) is 54.7 Å². The van der Waals surface area contributed by atoms with Crippen molar-refractivity contribution in [1.29, 1.82) is 0 Å². The fourth-order valence-electron chi connectivity index (χ4n) is 4.01. The average Bonchev–Trinajstić information content (AvgIpc) is 3.19. The summed E-state index contributed by atoms with van der Waals surface area (Å²) in [5.41, 5.74) is 0.597. The number of rotatable bonds is 5. The van der Waals surface area contributed by atoms with Crippen molar-refractivity contribution in [2.24, 2.45) is 5.92 Å². The number of carboxylic acid groups (broad SMARTS) is 1. The van der Waals surface area contributed by atoms with E-state index in [0.717, 1.165) is 37.7 Å². The summed E-state index contributed by atoms with van der Waals surface area (Å²) in [5.74, 6) is -1.01. The van der Waals surface area contributed by atoms with Gasteiger partial charge >= 0.3 is 12.1 Å². The van der Waals surface area contributed by atoms with Gasteiger partial charge in [0.15, 0.2) is 8.32 Å². The first-order valence-electron chi connectivity index (χ1n) is 11.2. The highest BCUT2D eigenvalue weighted by atomic mass is 28.4. The standard InChI is InChI=1S/C23H41NO5Si/c1-22(2,3)28-21(27)24-14-10-12-17(24)15-16-11-9-13-18(16)19(20(25)26)29-30(7,8)23(4,5)6/h15,17-19H,9-14H2,1-8H3,(H,25,26)/b16-15+/t17-,18+,19?/m0/s1. The number of carbonyl (C=O) groups excluding carboxylic acids is 1. The van der Waals surface area contributed by atoms with Crippen molar-refractivity contribution in [2.75, 3.05) is 6.54 Å². The van der Waals surface area contributed by atoms with Crippen molar-refractivity contribution in [3.05, 3.63) is 11.6 Å². The topological polar surface area (TPSA) is 76.1 Å². The zero-order chi connectivity index (χ0) is 22.9. The Morgan fingerprint density at radius 2 is 1.77 bits per heavy atom. The molecule has 1 heterocycles. The molecule has 1 saturated heterocycles. The molecule has 2 rings (SSSR count). The van der Waals surface area contributed by atoms with Gasteiger partial charge in [0.25, 0.3) is 0 Å². The largest absolute Gasteiger partial charge is 0.479 e. The van der Waals surface area contributed by atoms with Gasteiger partial charge in [-0.3, -0.25) is 0 Å². The minimum Gasteiger partial charge on any atom is -0.479 e. The predicted molar refractivity (Wildman–Crippen MR) is 121 cm³/mol. The van der Waals surface area contributed by atoms with E-state index in [1.807, 2.05) is 20.8 Å². The van der Waals surface area contributed by atoms with Crippen LogP contribution in [0.3, 0.4) is 0 Å². The van der Waals surface area contributed by atoms with E-state index in [-0.39, 0.29) is 23.1 Å². The third-order valence-corrected chi connectivity index (χ3v) is 11.1. The Morgan fingerprint density at radius 3 is 2.30 bits per heavy atom. The molecule has 172 valence electrons. The minimum absolute atomic E-state index is 0.0298. The van der Waals surface area contributed by atoms with E-state index in [1.54, 1.807) is 4.90 Å². The van der Waals surface area contributed by atoms with Crippen LogP contribution in [0, 0.1) is 5.92 Å². The summed E-state index contributed by atoms with van der Waals surface area (Å²) in [5, 5.41) is 9.94. The predicted octanol–water partition coefficient (Wildman–Crippen LogP) is 5.59. The zero-order valence-electron chi connectivity index (χ0n) is 20.1. The maximum absolute atomic E-state index is 12.6. The number of nitrogens with zero attached hydrogens (tertiary/aromatic N) is 1. The maximum Gasteiger partial charge on any atom is 0.410 e. The molecule has 1 N–H and O–H groups in total. The van der Waals surface area contributed by atoms with Gasteiger partial charge in [0, 0.05) is 12.5 Å². The first kappa shape index (κ1) is 24.9. The smallest absolute Gasteiger partial charge is 0.410 e. The van der Waals surface area contributed by atoms with Crippen molar-refractivity contribution in [3.8, 4) is 0 Å². The highest BCUT2D eigenvalue weighted by molar-refractivity contribution is 6.74. The first-order valence-corrected chi connectivity index (χ1v) is 14.1. The Morgan fingerprint density at radius 1 is 1.13 bits per heavy atom. The third-order valence-electron chi connectivity index (χ3n) is 6.63. The van der Waals surface area contributed by atoms with E-state index in [1.165, 1.54) is 0 Å². The number of ether oxygens (including phenoxy) is 1. The Bertz CT molecular complexity index is 674. The fraction of sp³-hybridized carbons (Fsp3) is 0.826. The summed E-state index contributed by atoms with van der Waals surface area (Å²) in [6, 6.07) is -0.0298. The van der Waals surface area contributed by atoms with Crippen LogP contribution in [0.15, 0.2) is 11.6 Å². The lowest BCUT2D eigenvalue weighted by atomic mass is 9.94. The molecule has 1 unspecified atom stereocenters. The molecule has 0 aromatic carbocycles. The van der Waals surface area contributed by atoms with E-state index >= 15 is 0 Å². The molecule has 1 aliphatic heterocycles. The van der Waals surface area contributed by atoms with Crippen molar-refractivity contribution < 1.29 is 23.9 Å². The number of carbonyl (C=O) groups is 2. The number of aliphatic carboxylic acids is 1. The molecule has 0 aromatic rings. The third kappa shape index (κ3) is 6.09. The molecular formula is C23H41NO5Si.